The number of thioether (sulfide) groups is 1. The molecular formula is C16H21N3OS2. The predicted molar refractivity (Wildman–Crippen MR) is 92.6 cm³/mol. The maximum Gasteiger partial charge on any atom is 0.230 e. The quantitative estimate of drug-likeness (QED) is 0.846. The summed E-state index contributed by atoms with van der Waals surface area (Å²) in [7, 11) is 0. The number of carbonyl (C=O) groups excluding carboxylic acids is 1. The first-order valence-electron chi connectivity index (χ1n) is 7.17. The Labute approximate surface area is 139 Å². The average molecular weight is 335 g/mol. The summed E-state index contributed by atoms with van der Waals surface area (Å²) in [6, 6.07) is 4.34. The summed E-state index contributed by atoms with van der Waals surface area (Å²) in [6.07, 6.45) is 0. The fraction of sp³-hybridized carbons (Fsp3) is 0.438. The highest BCUT2D eigenvalue weighted by molar-refractivity contribution is 8.01. The summed E-state index contributed by atoms with van der Waals surface area (Å²) in [5.74, 6) is 0.381. The van der Waals surface area contributed by atoms with E-state index in [1.54, 1.807) is 0 Å². The van der Waals surface area contributed by atoms with Gasteiger partial charge in [0.15, 0.2) is 4.34 Å². The molecule has 1 aromatic carbocycles. The van der Waals surface area contributed by atoms with E-state index in [0.29, 0.717) is 5.75 Å². The van der Waals surface area contributed by atoms with Gasteiger partial charge in [-0.3, -0.25) is 4.79 Å². The Kier molecular flexibility index (Phi) is 5.58. The molecule has 2 rings (SSSR count). The lowest BCUT2D eigenvalue weighted by atomic mass is 9.96. The Balaban J connectivity index is 1.95. The van der Waals surface area contributed by atoms with E-state index in [0.717, 1.165) is 9.35 Å². The molecule has 118 valence electrons. The molecule has 1 aromatic heterocycles. The summed E-state index contributed by atoms with van der Waals surface area (Å²) >= 11 is 2.94. The number of hydrogen-bond acceptors (Lipinski definition) is 5. The van der Waals surface area contributed by atoms with E-state index < -0.39 is 0 Å². The van der Waals surface area contributed by atoms with Crippen LogP contribution in [0.25, 0.3) is 0 Å². The topological polar surface area (TPSA) is 54.9 Å². The Morgan fingerprint density at radius 2 is 1.86 bits per heavy atom. The number of aryl methyl sites for hydroxylation is 4. The number of aromatic nitrogens is 2. The van der Waals surface area contributed by atoms with Gasteiger partial charge in [0.2, 0.25) is 5.91 Å². The number of nitrogens with zero attached hydrogens (tertiary/aromatic N) is 2. The highest BCUT2D eigenvalue weighted by atomic mass is 32.2. The largest absolute Gasteiger partial charge is 0.349 e. The van der Waals surface area contributed by atoms with Gasteiger partial charge in [0, 0.05) is 0 Å². The van der Waals surface area contributed by atoms with Gasteiger partial charge in [-0.25, -0.2) is 0 Å². The number of amides is 1. The summed E-state index contributed by atoms with van der Waals surface area (Å²) < 4.78 is 0.836. The van der Waals surface area contributed by atoms with Crippen LogP contribution < -0.4 is 5.32 Å². The van der Waals surface area contributed by atoms with Gasteiger partial charge in [-0.05, 0) is 56.9 Å². The molecule has 1 N–H and O–H groups in total. The molecule has 0 radical (unpaired) electrons. The first-order chi connectivity index (χ1) is 10.4. The van der Waals surface area contributed by atoms with Gasteiger partial charge in [0.1, 0.15) is 5.01 Å². The summed E-state index contributed by atoms with van der Waals surface area (Å²) in [6.45, 7) is 10.2. The van der Waals surface area contributed by atoms with Gasteiger partial charge in [0.25, 0.3) is 0 Å². The molecule has 6 heteroatoms. The second-order valence-corrected chi connectivity index (χ2v) is 7.86. The number of rotatable bonds is 5. The molecule has 0 saturated carbocycles. The Bertz CT molecular complexity index is 682. The molecule has 22 heavy (non-hydrogen) atoms. The fourth-order valence-corrected chi connectivity index (χ4v) is 3.90. The lowest BCUT2D eigenvalue weighted by Crippen LogP contribution is -2.28. The van der Waals surface area contributed by atoms with Crippen molar-refractivity contribution in [1.82, 2.24) is 15.5 Å². The van der Waals surface area contributed by atoms with E-state index in [4.69, 9.17) is 0 Å². The SMILES string of the molecule is Cc1nnc(SCC(=O)N[C@H](C)c2cc(C)c(C)cc2C)s1. The van der Waals surface area contributed by atoms with Crippen LogP contribution in [0.4, 0.5) is 0 Å². The third kappa shape index (κ3) is 4.30. The zero-order valence-electron chi connectivity index (χ0n) is 13.6. The minimum absolute atomic E-state index is 0.00329. The van der Waals surface area contributed by atoms with E-state index in [2.05, 4.69) is 48.4 Å². The zero-order chi connectivity index (χ0) is 16.3. The van der Waals surface area contributed by atoms with Crippen LogP contribution in [0.2, 0.25) is 0 Å². The van der Waals surface area contributed by atoms with Gasteiger partial charge < -0.3 is 5.32 Å². The van der Waals surface area contributed by atoms with Crippen molar-refractivity contribution >= 4 is 29.0 Å². The van der Waals surface area contributed by atoms with Crippen molar-refractivity contribution in [2.24, 2.45) is 0 Å². The van der Waals surface area contributed by atoms with Gasteiger partial charge in [0.05, 0.1) is 11.8 Å². The molecule has 0 aliphatic carbocycles. The van der Waals surface area contributed by atoms with E-state index in [9.17, 15) is 4.79 Å². The third-order valence-corrected chi connectivity index (χ3v) is 5.53. The van der Waals surface area contributed by atoms with Crippen molar-refractivity contribution in [1.29, 1.82) is 0 Å². The zero-order valence-corrected chi connectivity index (χ0v) is 15.2. The highest BCUT2D eigenvalue weighted by Gasteiger charge is 2.14. The maximum atomic E-state index is 12.1. The monoisotopic (exact) mass is 335 g/mol. The van der Waals surface area contributed by atoms with Crippen LogP contribution in [0.1, 0.15) is 40.2 Å². The molecule has 4 nitrogen and oxygen atoms in total. The van der Waals surface area contributed by atoms with Crippen molar-refractivity contribution in [3.05, 3.63) is 39.4 Å². The lowest BCUT2D eigenvalue weighted by molar-refractivity contribution is -0.119. The van der Waals surface area contributed by atoms with Crippen molar-refractivity contribution in [2.45, 2.75) is 45.0 Å². The van der Waals surface area contributed by atoms with Crippen LogP contribution in [0, 0.1) is 27.7 Å². The molecule has 0 spiro atoms. The number of carbonyl (C=O) groups is 1. The number of hydrogen-bond donors (Lipinski definition) is 1. The molecule has 0 unspecified atom stereocenters. The molecule has 0 aliphatic rings. The van der Waals surface area contributed by atoms with Gasteiger partial charge in [-0.1, -0.05) is 35.2 Å². The second kappa shape index (κ2) is 7.24. The molecule has 1 atom stereocenters. The Morgan fingerprint density at radius 3 is 2.50 bits per heavy atom. The van der Waals surface area contributed by atoms with Crippen LogP contribution in [-0.2, 0) is 4.79 Å². The number of nitrogens with one attached hydrogen (secondary N) is 1. The first-order valence-corrected chi connectivity index (χ1v) is 8.97. The normalized spacial score (nSPS) is 12.2. The van der Waals surface area contributed by atoms with E-state index in [1.165, 1.54) is 45.4 Å². The number of benzene rings is 1. The maximum absolute atomic E-state index is 12.1. The van der Waals surface area contributed by atoms with Crippen LogP contribution >= 0.6 is 23.1 Å². The van der Waals surface area contributed by atoms with Gasteiger partial charge in [-0.2, -0.15) is 0 Å². The smallest absolute Gasteiger partial charge is 0.230 e. The molecule has 1 heterocycles. The standard InChI is InChI=1S/C16H21N3OS2/c1-9-6-11(3)14(7-10(9)2)12(4)17-15(20)8-21-16-19-18-13(5)22-16/h6-7,12H,8H2,1-5H3,(H,17,20)/t12-/m1/s1. The van der Waals surface area contributed by atoms with Crippen molar-refractivity contribution in [3.63, 3.8) is 0 Å². The fourth-order valence-electron chi connectivity index (χ4n) is 2.27. The minimum atomic E-state index is 0.00329. The molecule has 1 amide bonds. The van der Waals surface area contributed by atoms with Gasteiger partial charge >= 0.3 is 0 Å². The van der Waals surface area contributed by atoms with E-state index >= 15 is 0 Å². The summed E-state index contributed by atoms with van der Waals surface area (Å²) in [4.78, 5) is 12.1. The molecule has 0 bridgehead atoms. The molecular weight excluding hydrogens is 314 g/mol. The molecule has 0 fully saturated rings. The third-order valence-electron chi connectivity index (χ3n) is 3.56. The lowest BCUT2D eigenvalue weighted by Gasteiger charge is -2.18. The summed E-state index contributed by atoms with van der Waals surface area (Å²) in [5, 5.41) is 11.9. The van der Waals surface area contributed by atoms with Gasteiger partial charge in [-0.15, -0.1) is 10.2 Å². The second-order valence-electron chi connectivity index (χ2n) is 5.46. The molecule has 0 aliphatic heterocycles. The summed E-state index contributed by atoms with van der Waals surface area (Å²) in [5.41, 5.74) is 4.92. The predicted octanol–water partition coefficient (Wildman–Crippen LogP) is 3.74. The Hall–Kier alpha value is -1.40. The van der Waals surface area contributed by atoms with Crippen LogP contribution in [0.3, 0.4) is 0 Å². The van der Waals surface area contributed by atoms with Crippen molar-refractivity contribution in [3.8, 4) is 0 Å². The first kappa shape index (κ1) is 17.0. The highest BCUT2D eigenvalue weighted by Crippen LogP contribution is 2.23. The van der Waals surface area contributed by atoms with E-state index in [1.807, 2.05) is 13.8 Å². The average Bonchev–Trinajstić information content (AvgIpc) is 2.86. The van der Waals surface area contributed by atoms with Crippen molar-refractivity contribution < 1.29 is 4.79 Å². The van der Waals surface area contributed by atoms with E-state index in [-0.39, 0.29) is 11.9 Å². The van der Waals surface area contributed by atoms with Crippen LogP contribution in [0.5, 0.6) is 0 Å². The van der Waals surface area contributed by atoms with Crippen molar-refractivity contribution in [2.75, 3.05) is 5.75 Å². The molecule has 2 aromatic rings. The Morgan fingerprint density at radius 1 is 1.18 bits per heavy atom. The minimum Gasteiger partial charge on any atom is -0.349 e. The molecule has 0 saturated heterocycles. The van der Waals surface area contributed by atoms with Crippen LogP contribution in [0.15, 0.2) is 16.5 Å². The van der Waals surface area contributed by atoms with Crippen LogP contribution in [-0.4, -0.2) is 21.9 Å².